The van der Waals surface area contributed by atoms with Gasteiger partial charge in [0.1, 0.15) is 6.10 Å². The number of anilines is 1. The minimum atomic E-state index is -0.285. The number of rotatable bonds is 6. The number of halogens is 1. The van der Waals surface area contributed by atoms with E-state index in [1.807, 2.05) is 54.9 Å². The number of nitrogens with zero attached hydrogens (tertiary/aromatic N) is 3. The molecule has 0 spiro atoms. The minimum absolute atomic E-state index is 0.0208. The molecule has 4 rings (SSSR count). The van der Waals surface area contributed by atoms with Crippen molar-refractivity contribution in [2.24, 2.45) is 5.10 Å². The minimum Gasteiger partial charge on any atom is -0.459 e. The predicted molar refractivity (Wildman–Crippen MR) is 127 cm³/mol. The highest BCUT2D eigenvalue weighted by Gasteiger charge is 2.20. The SMILES string of the molecule is CN(/N=C/c1ccccc1C(=O)OC1CCCCC1)c1nc(-c2ccccc2Cl)cs1. The standard InChI is InChI=1S/C24H24ClN3O2S/c1-28(24-27-22(16-31-24)20-13-7-8-14-21(20)25)26-15-17-9-5-6-12-19(17)23(29)30-18-10-3-2-4-11-18/h5-9,12-16,18H,2-4,10-11H2,1H3/b26-15+. The first-order valence-electron chi connectivity index (χ1n) is 10.4. The number of esters is 1. The van der Waals surface area contributed by atoms with Gasteiger partial charge in [-0.05, 0) is 37.8 Å². The highest BCUT2D eigenvalue weighted by atomic mass is 35.5. The lowest BCUT2D eigenvalue weighted by atomic mass is 9.97. The summed E-state index contributed by atoms with van der Waals surface area (Å²) in [5, 5.41) is 9.54. The van der Waals surface area contributed by atoms with Crippen molar-refractivity contribution in [3.63, 3.8) is 0 Å². The van der Waals surface area contributed by atoms with Gasteiger partial charge in [-0.2, -0.15) is 5.10 Å². The maximum absolute atomic E-state index is 12.7. The van der Waals surface area contributed by atoms with Crippen LogP contribution in [0.3, 0.4) is 0 Å². The topological polar surface area (TPSA) is 54.8 Å². The first kappa shape index (κ1) is 21.5. The Kier molecular flexibility index (Phi) is 6.99. The molecule has 0 saturated heterocycles. The van der Waals surface area contributed by atoms with Gasteiger partial charge in [0.15, 0.2) is 0 Å². The predicted octanol–water partition coefficient (Wildman–Crippen LogP) is 6.42. The summed E-state index contributed by atoms with van der Waals surface area (Å²) in [6.07, 6.45) is 7.05. The molecule has 2 aromatic carbocycles. The third kappa shape index (κ3) is 5.32. The van der Waals surface area contributed by atoms with E-state index in [0.717, 1.165) is 47.6 Å². The molecular weight excluding hydrogens is 430 g/mol. The molecule has 1 fully saturated rings. The van der Waals surface area contributed by atoms with E-state index in [1.165, 1.54) is 17.8 Å². The number of ether oxygens (including phenoxy) is 1. The average molecular weight is 454 g/mol. The second-order valence-electron chi connectivity index (χ2n) is 7.52. The first-order chi connectivity index (χ1) is 15.1. The van der Waals surface area contributed by atoms with Gasteiger partial charge in [-0.1, -0.05) is 54.4 Å². The van der Waals surface area contributed by atoms with Gasteiger partial charge in [0.25, 0.3) is 0 Å². The summed E-state index contributed by atoms with van der Waals surface area (Å²) < 4.78 is 5.74. The summed E-state index contributed by atoms with van der Waals surface area (Å²) in [6.45, 7) is 0. The number of hydrogen-bond donors (Lipinski definition) is 0. The number of carbonyl (C=O) groups is 1. The molecule has 0 amide bonds. The van der Waals surface area contributed by atoms with E-state index in [1.54, 1.807) is 17.3 Å². The molecule has 1 aliphatic carbocycles. The van der Waals surface area contributed by atoms with Crippen LogP contribution in [0, 0.1) is 0 Å². The van der Waals surface area contributed by atoms with E-state index in [2.05, 4.69) is 10.1 Å². The first-order valence-corrected chi connectivity index (χ1v) is 11.7. The van der Waals surface area contributed by atoms with Gasteiger partial charge in [0.2, 0.25) is 5.13 Å². The van der Waals surface area contributed by atoms with E-state index in [4.69, 9.17) is 16.3 Å². The zero-order chi connectivity index (χ0) is 21.6. The number of thiazole rings is 1. The summed E-state index contributed by atoms with van der Waals surface area (Å²) in [5.74, 6) is -0.285. The number of hydrogen-bond acceptors (Lipinski definition) is 6. The molecule has 3 aromatic rings. The van der Waals surface area contributed by atoms with E-state index < -0.39 is 0 Å². The fourth-order valence-corrected chi connectivity index (χ4v) is 4.58. The Morgan fingerprint density at radius 3 is 2.71 bits per heavy atom. The van der Waals surface area contributed by atoms with Gasteiger partial charge in [-0.15, -0.1) is 11.3 Å². The van der Waals surface area contributed by atoms with E-state index >= 15 is 0 Å². The molecule has 0 N–H and O–H groups in total. The van der Waals surface area contributed by atoms with Gasteiger partial charge >= 0.3 is 5.97 Å². The van der Waals surface area contributed by atoms with E-state index in [-0.39, 0.29) is 12.1 Å². The van der Waals surface area contributed by atoms with Crippen LogP contribution in [-0.2, 0) is 4.74 Å². The Bertz CT molecular complexity index is 1080. The van der Waals surface area contributed by atoms with Gasteiger partial charge < -0.3 is 4.74 Å². The Morgan fingerprint density at radius 2 is 1.90 bits per heavy atom. The third-order valence-corrected chi connectivity index (χ3v) is 6.53. The highest BCUT2D eigenvalue weighted by Crippen LogP contribution is 2.31. The summed E-state index contributed by atoms with van der Waals surface area (Å²) in [5.41, 5.74) is 2.95. The maximum atomic E-state index is 12.7. The zero-order valence-electron chi connectivity index (χ0n) is 17.3. The average Bonchev–Trinajstić information content (AvgIpc) is 3.29. The van der Waals surface area contributed by atoms with Crippen molar-refractivity contribution in [1.29, 1.82) is 0 Å². The fourth-order valence-electron chi connectivity index (χ4n) is 3.60. The van der Waals surface area contributed by atoms with Crippen molar-refractivity contribution in [1.82, 2.24) is 4.98 Å². The van der Waals surface area contributed by atoms with Crippen molar-refractivity contribution in [2.45, 2.75) is 38.2 Å². The molecule has 1 saturated carbocycles. The molecule has 0 unspecified atom stereocenters. The van der Waals surface area contributed by atoms with Crippen LogP contribution in [-0.4, -0.2) is 30.3 Å². The van der Waals surface area contributed by atoms with Crippen LogP contribution in [0.2, 0.25) is 5.02 Å². The molecule has 160 valence electrons. The molecule has 1 aliphatic rings. The molecule has 0 bridgehead atoms. The highest BCUT2D eigenvalue weighted by molar-refractivity contribution is 7.14. The van der Waals surface area contributed by atoms with Crippen LogP contribution in [0.25, 0.3) is 11.3 Å². The third-order valence-electron chi connectivity index (χ3n) is 5.30. The molecule has 0 aliphatic heterocycles. The maximum Gasteiger partial charge on any atom is 0.339 e. The Hall–Kier alpha value is -2.70. The van der Waals surface area contributed by atoms with Crippen molar-refractivity contribution >= 4 is 40.3 Å². The largest absolute Gasteiger partial charge is 0.459 e. The van der Waals surface area contributed by atoms with Crippen molar-refractivity contribution in [2.75, 3.05) is 12.1 Å². The molecule has 1 aromatic heterocycles. The second kappa shape index (κ2) is 10.1. The lowest BCUT2D eigenvalue weighted by Crippen LogP contribution is -2.21. The molecule has 7 heteroatoms. The van der Waals surface area contributed by atoms with Crippen LogP contribution >= 0.6 is 22.9 Å². The van der Waals surface area contributed by atoms with Crippen LogP contribution < -0.4 is 5.01 Å². The lowest BCUT2D eigenvalue weighted by molar-refractivity contribution is 0.0211. The number of carbonyl (C=O) groups excluding carboxylic acids is 1. The monoisotopic (exact) mass is 453 g/mol. The summed E-state index contributed by atoms with van der Waals surface area (Å²) in [7, 11) is 1.83. The van der Waals surface area contributed by atoms with Crippen LogP contribution in [0.15, 0.2) is 59.0 Å². The summed E-state index contributed by atoms with van der Waals surface area (Å²) in [6, 6.07) is 15.0. The Balaban J connectivity index is 1.47. The molecule has 1 heterocycles. The van der Waals surface area contributed by atoms with Crippen molar-refractivity contribution in [3.8, 4) is 11.3 Å². The number of benzene rings is 2. The second-order valence-corrected chi connectivity index (χ2v) is 8.76. The Labute approximate surface area is 191 Å². The fraction of sp³-hybridized carbons (Fsp3) is 0.292. The van der Waals surface area contributed by atoms with Crippen LogP contribution in [0.1, 0.15) is 48.0 Å². The molecule has 5 nitrogen and oxygen atoms in total. The van der Waals surface area contributed by atoms with Crippen LogP contribution in [0.5, 0.6) is 0 Å². The molecular formula is C24H24ClN3O2S. The van der Waals surface area contributed by atoms with E-state index in [9.17, 15) is 4.79 Å². The molecule has 0 atom stereocenters. The summed E-state index contributed by atoms with van der Waals surface area (Å²) >= 11 is 7.76. The van der Waals surface area contributed by atoms with Gasteiger partial charge in [0, 0.05) is 28.6 Å². The van der Waals surface area contributed by atoms with Crippen molar-refractivity contribution in [3.05, 3.63) is 70.1 Å². The molecule has 31 heavy (non-hydrogen) atoms. The van der Waals surface area contributed by atoms with E-state index in [0.29, 0.717) is 10.6 Å². The lowest BCUT2D eigenvalue weighted by Gasteiger charge is -2.22. The van der Waals surface area contributed by atoms with Gasteiger partial charge in [-0.3, -0.25) is 0 Å². The Morgan fingerprint density at radius 1 is 1.16 bits per heavy atom. The smallest absolute Gasteiger partial charge is 0.339 e. The quantitative estimate of drug-likeness (QED) is 0.245. The normalized spacial score (nSPS) is 14.6. The zero-order valence-corrected chi connectivity index (χ0v) is 18.9. The number of hydrazone groups is 1. The van der Waals surface area contributed by atoms with Crippen LogP contribution in [0.4, 0.5) is 5.13 Å². The van der Waals surface area contributed by atoms with Gasteiger partial charge in [0.05, 0.1) is 17.5 Å². The summed E-state index contributed by atoms with van der Waals surface area (Å²) in [4.78, 5) is 17.4. The molecule has 0 radical (unpaired) electrons. The number of aromatic nitrogens is 1. The van der Waals surface area contributed by atoms with Gasteiger partial charge in [-0.25, -0.2) is 14.8 Å². The van der Waals surface area contributed by atoms with Crippen molar-refractivity contribution < 1.29 is 9.53 Å².